The highest BCUT2D eigenvalue weighted by Crippen LogP contribution is 2.30. The molecule has 0 amide bonds. The van der Waals surface area contributed by atoms with E-state index in [9.17, 15) is 5.11 Å². The first-order valence-corrected chi connectivity index (χ1v) is 10.7. The van der Waals surface area contributed by atoms with Crippen LogP contribution in [0.4, 0.5) is 5.13 Å². The summed E-state index contributed by atoms with van der Waals surface area (Å²) in [5.41, 5.74) is 3.79. The van der Waals surface area contributed by atoms with E-state index < -0.39 is 0 Å². The SMILES string of the molecule is COc1ccc2ncn(Cc3ccc4nc(N[C@@H]5CCCC[C@H]5O)sc4c3)c2n1. The van der Waals surface area contributed by atoms with Gasteiger partial charge in [-0.05, 0) is 36.6 Å². The predicted molar refractivity (Wildman–Crippen MR) is 115 cm³/mol. The van der Waals surface area contributed by atoms with Gasteiger partial charge in [-0.25, -0.2) is 9.97 Å². The van der Waals surface area contributed by atoms with E-state index in [1.807, 2.05) is 23.0 Å². The molecule has 0 unspecified atom stereocenters. The molecule has 29 heavy (non-hydrogen) atoms. The summed E-state index contributed by atoms with van der Waals surface area (Å²) in [4.78, 5) is 13.7. The first-order valence-electron chi connectivity index (χ1n) is 9.89. The van der Waals surface area contributed by atoms with Crippen LogP contribution in [0.25, 0.3) is 21.4 Å². The summed E-state index contributed by atoms with van der Waals surface area (Å²) in [7, 11) is 1.62. The molecule has 150 valence electrons. The molecule has 1 aromatic carbocycles. The van der Waals surface area contributed by atoms with Crippen molar-refractivity contribution in [3.05, 3.63) is 42.2 Å². The van der Waals surface area contributed by atoms with E-state index in [1.165, 1.54) is 0 Å². The number of methoxy groups -OCH3 is 1. The van der Waals surface area contributed by atoms with Gasteiger partial charge >= 0.3 is 0 Å². The van der Waals surface area contributed by atoms with E-state index in [0.29, 0.717) is 12.4 Å². The third-order valence-corrected chi connectivity index (χ3v) is 6.44. The minimum absolute atomic E-state index is 0.0992. The number of ether oxygens (including phenoxy) is 1. The second kappa shape index (κ2) is 7.61. The number of rotatable bonds is 5. The fraction of sp³-hybridized carbons (Fsp3) is 0.381. The summed E-state index contributed by atoms with van der Waals surface area (Å²) in [6.45, 7) is 0.675. The Hall–Kier alpha value is -2.71. The molecule has 0 spiro atoms. The number of aliphatic hydroxyl groups excluding tert-OH is 1. The van der Waals surface area contributed by atoms with Gasteiger partial charge in [0.05, 0.1) is 42.3 Å². The Morgan fingerprint density at radius 3 is 2.90 bits per heavy atom. The van der Waals surface area contributed by atoms with Gasteiger partial charge in [-0.3, -0.25) is 0 Å². The third kappa shape index (κ3) is 3.65. The summed E-state index contributed by atoms with van der Waals surface area (Å²) in [5.74, 6) is 0.581. The summed E-state index contributed by atoms with van der Waals surface area (Å²) >= 11 is 1.64. The van der Waals surface area contributed by atoms with Gasteiger partial charge in [0.2, 0.25) is 5.88 Å². The molecule has 0 aliphatic heterocycles. The Morgan fingerprint density at radius 1 is 1.17 bits per heavy atom. The van der Waals surface area contributed by atoms with Crippen molar-refractivity contribution < 1.29 is 9.84 Å². The van der Waals surface area contributed by atoms with Gasteiger partial charge in [-0.1, -0.05) is 30.2 Å². The van der Waals surface area contributed by atoms with Crippen LogP contribution >= 0.6 is 11.3 Å². The lowest BCUT2D eigenvalue weighted by Crippen LogP contribution is -2.36. The monoisotopic (exact) mass is 409 g/mol. The predicted octanol–water partition coefficient (Wildman–Crippen LogP) is 3.81. The number of thiazole rings is 1. The molecular formula is C21H23N5O2S. The maximum Gasteiger partial charge on any atom is 0.215 e. The van der Waals surface area contributed by atoms with Gasteiger partial charge in [-0.2, -0.15) is 4.98 Å². The number of imidazole rings is 1. The molecule has 2 atom stereocenters. The Kier molecular flexibility index (Phi) is 4.81. The largest absolute Gasteiger partial charge is 0.481 e. The van der Waals surface area contributed by atoms with Gasteiger partial charge in [0.15, 0.2) is 10.8 Å². The smallest absolute Gasteiger partial charge is 0.215 e. The van der Waals surface area contributed by atoms with Crippen LogP contribution < -0.4 is 10.1 Å². The standard InChI is InChI=1S/C21H23N5O2S/c1-28-19-9-8-16-20(25-19)26(12-22-16)11-13-6-7-15-18(10-13)29-21(24-15)23-14-4-2-3-5-17(14)27/h6-10,12,14,17,27H,2-5,11H2,1H3,(H,23,24)/t14-,17-/m1/s1. The fourth-order valence-corrected chi connectivity index (χ4v) is 4.91. The normalized spacial score (nSPS) is 19.7. The van der Waals surface area contributed by atoms with Gasteiger partial charge in [0, 0.05) is 6.07 Å². The highest BCUT2D eigenvalue weighted by atomic mass is 32.1. The van der Waals surface area contributed by atoms with Gasteiger partial charge in [0.25, 0.3) is 0 Å². The minimum atomic E-state index is -0.287. The Balaban J connectivity index is 1.39. The molecule has 1 aliphatic carbocycles. The van der Waals surface area contributed by atoms with Crippen molar-refractivity contribution >= 4 is 37.8 Å². The maximum absolute atomic E-state index is 10.2. The van der Waals surface area contributed by atoms with Crippen molar-refractivity contribution in [2.45, 2.75) is 44.4 Å². The molecule has 0 bridgehead atoms. The van der Waals surface area contributed by atoms with Crippen molar-refractivity contribution in [3.63, 3.8) is 0 Å². The molecular weight excluding hydrogens is 386 g/mol. The number of nitrogens with one attached hydrogen (secondary N) is 1. The van der Waals surface area contributed by atoms with E-state index >= 15 is 0 Å². The fourth-order valence-electron chi connectivity index (χ4n) is 3.92. The van der Waals surface area contributed by atoms with Crippen LogP contribution in [0.1, 0.15) is 31.2 Å². The highest BCUT2D eigenvalue weighted by molar-refractivity contribution is 7.22. The zero-order valence-electron chi connectivity index (χ0n) is 16.2. The van der Waals surface area contributed by atoms with Gasteiger partial charge in [0.1, 0.15) is 5.52 Å². The van der Waals surface area contributed by atoms with E-state index in [0.717, 1.165) is 57.8 Å². The highest BCUT2D eigenvalue weighted by Gasteiger charge is 2.23. The molecule has 8 heteroatoms. The molecule has 0 saturated heterocycles. The molecule has 3 heterocycles. The van der Waals surface area contributed by atoms with Crippen LogP contribution in [-0.4, -0.2) is 43.9 Å². The lowest BCUT2D eigenvalue weighted by molar-refractivity contribution is 0.116. The number of benzene rings is 1. The molecule has 0 radical (unpaired) electrons. The van der Waals surface area contributed by atoms with Crippen molar-refractivity contribution in [1.82, 2.24) is 19.5 Å². The number of hydrogen-bond acceptors (Lipinski definition) is 7. The third-order valence-electron chi connectivity index (χ3n) is 5.49. The van der Waals surface area contributed by atoms with Crippen LogP contribution in [0, 0.1) is 0 Å². The molecule has 3 aromatic heterocycles. The van der Waals surface area contributed by atoms with Crippen LogP contribution in [0.3, 0.4) is 0 Å². The van der Waals surface area contributed by atoms with Gasteiger partial charge in [-0.15, -0.1) is 0 Å². The molecule has 1 aliphatic rings. The van der Waals surface area contributed by atoms with Gasteiger partial charge < -0.3 is 19.7 Å². The summed E-state index contributed by atoms with van der Waals surface area (Å²) in [5, 5.41) is 14.5. The topological polar surface area (TPSA) is 85.1 Å². The molecule has 4 aromatic rings. The van der Waals surface area contributed by atoms with Crippen molar-refractivity contribution in [3.8, 4) is 5.88 Å². The second-order valence-electron chi connectivity index (χ2n) is 7.49. The number of aromatic nitrogens is 4. The van der Waals surface area contributed by atoms with E-state index in [2.05, 4.69) is 33.5 Å². The first-order chi connectivity index (χ1) is 14.2. The first kappa shape index (κ1) is 18.3. The number of nitrogens with zero attached hydrogens (tertiary/aromatic N) is 4. The van der Waals surface area contributed by atoms with Crippen LogP contribution in [0.2, 0.25) is 0 Å². The van der Waals surface area contributed by atoms with Crippen LogP contribution in [0.15, 0.2) is 36.7 Å². The van der Waals surface area contributed by atoms with Crippen molar-refractivity contribution in [1.29, 1.82) is 0 Å². The number of hydrogen-bond donors (Lipinski definition) is 2. The summed E-state index contributed by atoms with van der Waals surface area (Å²) < 4.78 is 8.40. The van der Waals surface area contributed by atoms with E-state index in [4.69, 9.17) is 9.72 Å². The molecule has 5 rings (SSSR count). The summed E-state index contributed by atoms with van der Waals surface area (Å²) in [6.07, 6.45) is 5.64. The average molecular weight is 410 g/mol. The van der Waals surface area contributed by atoms with Crippen LogP contribution in [-0.2, 0) is 6.54 Å². The number of pyridine rings is 1. The number of fused-ring (bicyclic) bond motifs is 2. The lowest BCUT2D eigenvalue weighted by atomic mass is 9.93. The minimum Gasteiger partial charge on any atom is -0.481 e. The molecule has 1 fully saturated rings. The zero-order valence-corrected chi connectivity index (χ0v) is 17.0. The Labute approximate surface area is 172 Å². The van der Waals surface area contributed by atoms with Crippen LogP contribution in [0.5, 0.6) is 5.88 Å². The maximum atomic E-state index is 10.2. The Bertz CT molecular complexity index is 1150. The lowest BCUT2D eigenvalue weighted by Gasteiger charge is -2.27. The number of anilines is 1. The molecule has 1 saturated carbocycles. The molecule has 2 N–H and O–H groups in total. The van der Waals surface area contributed by atoms with E-state index in [1.54, 1.807) is 18.4 Å². The van der Waals surface area contributed by atoms with Crippen molar-refractivity contribution in [2.24, 2.45) is 0 Å². The Morgan fingerprint density at radius 2 is 2.03 bits per heavy atom. The average Bonchev–Trinajstić information content (AvgIpc) is 3.32. The van der Waals surface area contributed by atoms with Crippen molar-refractivity contribution in [2.75, 3.05) is 12.4 Å². The zero-order chi connectivity index (χ0) is 19.8. The molecule has 7 nitrogen and oxygen atoms in total. The summed E-state index contributed by atoms with van der Waals surface area (Å²) in [6, 6.07) is 10.1. The van der Waals surface area contributed by atoms with E-state index in [-0.39, 0.29) is 12.1 Å². The quantitative estimate of drug-likeness (QED) is 0.521. The second-order valence-corrected chi connectivity index (χ2v) is 8.52. The number of aliphatic hydroxyl groups is 1.